The number of amides is 1. The minimum atomic E-state index is -0.511. The lowest BCUT2D eigenvalue weighted by Crippen LogP contribution is -2.17. The van der Waals surface area contributed by atoms with Gasteiger partial charge < -0.3 is 5.32 Å². The van der Waals surface area contributed by atoms with Crippen LogP contribution in [0.2, 0.25) is 5.02 Å². The van der Waals surface area contributed by atoms with E-state index in [0.717, 1.165) is 4.47 Å². The van der Waals surface area contributed by atoms with E-state index in [1.807, 2.05) is 6.07 Å². The van der Waals surface area contributed by atoms with Crippen LogP contribution >= 0.6 is 27.5 Å². The predicted molar refractivity (Wildman–Crippen MR) is 92.8 cm³/mol. The van der Waals surface area contributed by atoms with Crippen molar-refractivity contribution in [3.8, 4) is 5.69 Å². The second-order valence-electron chi connectivity index (χ2n) is 4.93. The van der Waals surface area contributed by atoms with Gasteiger partial charge in [0, 0.05) is 15.1 Å². The molecule has 1 heterocycles. The topological polar surface area (TPSA) is 59.8 Å². The summed E-state index contributed by atoms with van der Waals surface area (Å²) in [4.78, 5) is 16.2. The molecule has 5 nitrogen and oxygen atoms in total. The number of carbonyl (C=O) groups is 1. The third-order valence-corrected chi connectivity index (χ3v) is 4.14. The quantitative estimate of drug-likeness (QED) is 0.708. The zero-order chi connectivity index (χ0) is 17.1. The molecule has 0 bridgehead atoms. The molecular weight excluding hydrogens is 399 g/mol. The lowest BCUT2D eigenvalue weighted by molar-refractivity contribution is -0.115. The van der Waals surface area contributed by atoms with Gasteiger partial charge in [-0.25, -0.2) is 14.1 Å². The van der Waals surface area contributed by atoms with E-state index in [2.05, 4.69) is 31.3 Å². The fraction of sp³-hybridized carbons (Fsp3) is 0.0625. The summed E-state index contributed by atoms with van der Waals surface area (Å²) in [6, 6.07) is 9.65. The molecule has 0 aliphatic rings. The highest BCUT2D eigenvalue weighted by molar-refractivity contribution is 9.10. The second-order valence-corrected chi connectivity index (χ2v) is 6.25. The molecule has 0 aliphatic heterocycles. The van der Waals surface area contributed by atoms with Crippen LogP contribution in [-0.2, 0) is 11.2 Å². The number of nitrogens with one attached hydrogen (secondary N) is 1. The van der Waals surface area contributed by atoms with Gasteiger partial charge in [-0.2, -0.15) is 5.10 Å². The van der Waals surface area contributed by atoms with E-state index >= 15 is 0 Å². The van der Waals surface area contributed by atoms with Gasteiger partial charge in [-0.3, -0.25) is 4.79 Å². The number of halogens is 3. The SMILES string of the molecule is O=C(Cc1c(F)cccc1Cl)Nc1cc(Br)ccc1-n1cncn1. The fourth-order valence-corrected chi connectivity index (χ4v) is 2.79. The highest BCUT2D eigenvalue weighted by atomic mass is 79.9. The van der Waals surface area contributed by atoms with E-state index in [0.29, 0.717) is 11.4 Å². The first-order chi connectivity index (χ1) is 11.5. The van der Waals surface area contributed by atoms with Gasteiger partial charge in [0.05, 0.1) is 17.8 Å². The molecule has 1 amide bonds. The van der Waals surface area contributed by atoms with Crippen LogP contribution < -0.4 is 5.32 Å². The zero-order valence-electron chi connectivity index (χ0n) is 12.2. The third kappa shape index (κ3) is 3.63. The van der Waals surface area contributed by atoms with Gasteiger partial charge in [0.25, 0.3) is 0 Å². The summed E-state index contributed by atoms with van der Waals surface area (Å²) in [7, 11) is 0. The van der Waals surface area contributed by atoms with Crippen LogP contribution in [0.4, 0.5) is 10.1 Å². The Labute approximate surface area is 150 Å². The Morgan fingerprint density at radius 2 is 2.17 bits per heavy atom. The Bertz CT molecular complexity index is 866. The smallest absolute Gasteiger partial charge is 0.229 e. The first-order valence-corrected chi connectivity index (χ1v) is 8.09. The van der Waals surface area contributed by atoms with Crippen molar-refractivity contribution in [1.29, 1.82) is 0 Å². The summed E-state index contributed by atoms with van der Waals surface area (Å²) in [5.41, 5.74) is 1.32. The molecule has 0 aliphatic carbocycles. The van der Waals surface area contributed by atoms with Crippen molar-refractivity contribution in [2.24, 2.45) is 0 Å². The number of anilines is 1. The predicted octanol–water partition coefficient (Wildman–Crippen LogP) is 4.00. The number of nitrogens with zero attached hydrogens (tertiary/aromatic N) is 3. The molecule has 0 saturated heterocycles. The summed E-state index contributed by atoms with van der Waals surface area (Å²) in [6.45, 7) is 0. The molecule has 8 heteroatoms. The minimum absolute atomic E-state index is 0.161. The molecule has 0 unspecified atom stereocenters. The molecule has 3 rings (SSSR count). The minimum Gasteiger partial charge on any atom is -0.324 e. The molecule has 1 aromatic heterocycles. The van der Waals surface area contributed by atoms with Crippen molar-refractivity contribution in [3.63, 3.8) is 0 Å². The molecule has 24 heavy (non-hydrogen) atoms. The molecule has 0 spiro atoms. The maximum Gasteiger partial charge on any atom is 0.229 e. The standard InChI is InChI=1S/C16H11BrClFN4O/c17-10-4-5-15(23-9-20-8-21-23)14(6-10)22-16(24)7-11-12(18)2-1-3-13(11)19/h1-6,8-9H,7H2,(H,22,24). The van der Waals surface area contributed by atoms with Crippen LogP contribution in [0.1, 0.15) is 5.56 Å². The largest absolute Gasteiger partial charge is 0.324 e. The summed E-state index contributed by atoms with van der Waals surface area (Å²) in [5, 5.41) is 7.03. The van der Waals surface area contributed by atoms with Crippen LogP contribution in [0.15, 0.2) is 53.5 Å². The first-order valence-electron chi connectivity index (χ1n) is 6.92. The number of aromatic nitrogens is 3. The van der Waals surface area contributed by atoms with Crippen LogP contribution in [0.3, 0.4) is 0 Å². The number of rotatable bonds is 4. The van der Waals surface area contributed by atoms with E-state index in [1.54, 1.807) is 18.2 Å². The average molecular weight is 410 g/mol. The summed E-state index contributed by atoms with van der Waals surface area (Å²) < 4.78 is 16.1. The van der Waals surface area contributed by atoms with Gasteiger partial charge in [0.15, 0.2) is 0 Å². The van der Waals surface area contributed by atoms with Gasteiger partial charge >= 0.3 is 0 Å². The summed E-state index contributed by atoms with van der Waals surface area (Å²) in [5.74, 6) is -0.898. The second kappa shape index (κ2) is 7.11. The van der Waals surface area contributed by atoms with Crippen molar-refractivity contribution < 1.29 is 9.18 Å². The molecule has 0 fully saturated rings. The molecule has 1 N–H and O–H groups in total. The highest BCUT2D eigenvalue weighted by Gasteiger charge is 2.14. The fourth-order valence-electron chi connectivity index (χ4n) is 2.20. The van der Waals surface area contributed by atoms with E-state index in [4.69, 9.17) is 11.6 Å². The first kappa shape index (κ1) is 16.6. The molecule has 2 aromatic carbocycles. The Kier molecular flexibility index (Phi) is 4.92. The Morgan fingerprint density at radius 3 is 2.88 bits per heavy atom. The van der Waals surface area contributed by atoms with E-state index in [9.17, 15) is 9.18 Å². The monoisotopic (exact) mass is 408 g/mol. The van der Waals surface area contributed by atoms with Crippen molar-refractivity contribution in [2.75, 3.05) is 5.32 Å². The van der Waals surface area contributed by atoms with Crippen LogP contribution in [0, 0.1) is 5.82 Å². The third-order valence-electron chi connectivity index (χ3n) is 3.30. The van der Waals surface area contributed by atoms with Gasteiger partial charge in [0.1, 0.15) is 18.5 Å². The molecule has 0 atom stereocenters. The number of hydrogen-bond donors (Lipinski definition) is 1. The molecule has 0 radical (unpaired) electrons. The number of hydrogen-bond acceptors (Lipinski definition) is 3. The lowest BCUT2D eigenvalue weighted by atomic mass is 10.1. The van der Waals surface area contributed by atoms with E-state index < -0.39 is 5.82 Å². The normalized spacial score (nSPS) is 10.6. The maximum absolute atomic E-state index is 13.8. The highest BCUT2D eigenvalue weighted by Crippen LogP contribution is 2.25. The van der Waals surface area contributed by atoms with Gasteiger partial charge in [0.2, 0.25) is 5.91 Å². The Hall–Kier alpha value is -2.25. The average Bonchev–Trinajstić information content (AvgIpc) is 3.05. The van der Waals surface area contributed by atoms with Gasteiger partial charge in [-0.05, 0) is 30.3 Å². The summed E-state index contributed by atoms with van der Waals surface area (Å²) in [6.07, 6.45) is 2.74. The van der Waals surface area contributed by atoms with Gasteiger partial charge in [-0.15, -0.1) is 0 Å². The van der Waals surface area contributed by atoms with Crippen molar-refractivity contribution in [3.05, 3.63) is 69.9 Å². The Morgan fingerprint density at radius 1 is 1.33 bits per heavy atom. The number of carbonyl (C=O) groups excluding carboxylic acids is 1. The van der Waals surface area contributed by atoms with Crippen LogP contribution in [0.25, 0.3) is 5.69 Å². The number of benzene rings is 2. The van der Waals surface area contributed by atoms with Crippen LogP contribution in [-0.4, -0.2) is 20.7 Å². The zero-order valence-corrected chi connectivity index (χ0v) is 14.6. The van der Waals surface area contributed by atoms with Crippen molar-refractivity contribution in [2.45, 2.75) is 6.42 Å². The molecular formula is C16H11BrClFN4O. The van der Waals surface area contributed by atoms with E-state index in [1.165, 1.54) is 29.5 Å². The van der Waals surface area contributed by atoms with Crippen molar-refractivity contribution in [1.82, 2.24) is 14.8 Å². The molecule has 122 valence electrons. The molecule has 3 aromatic rings. The van der Waals surface area contributed by atoms with Crippen LogP contribution in [0.5, 0.6) is 0 Å². The van der Waals surface area contributed by atoms with E-state index in [-0.39, 0.29) is 22.9 Å². The summed E-state index contributed by atoms with van der Waals surface area (Å²) >= 11 is 9.33. The van der Waals surface area contributed by atoms with Gasteiger partial charge in [-0.1, -0.05) is 33.6 Å². The Balaban J connectivity index is 1.86. The lowest BCUT2D eigenvalue weighted by Gasteiger charge is -2.12. The molecule has 0 saturated carbocycles. The van der Waals surface area contributed by atoms with Crippen molar-refractivity contribution >= 4 is 39.1 Å². The maximum atomic E-state index is 13.8.